The third-order valence-corrected chi connectivity index (χ3v) is 3.17. The van der Waals surface area contributed by atoms with Crippen molar-refractivity contribution in [2.24, 2.45) is 11.0 Å². The fraction of sp³-hybridized carbons (Fsp3) is 0.833. The summed E-state index contributed by atoms with van der Waals surface area (Å²) in [5.41, 5.74) is 4.14. The normalized spacial score (nSPS) is 21.8. The van der Waals surface area contributed by atoms with Crippen LogP contribution in [0.25, 0.3) is 0 Å². The van der Waals surface area contributed by atoms with Gasteiger partial charge in [0.25, 0.3) is 0 Å². The number of hydrogen-bond acceptors (Lipinski definition) is 3. The zero-order valence-electron chi connectivity index (χ0n) is 11.0. The lowest BCUT2D eigenvalue weighted by molar-refractivity contribution is 0.179. The second-order valence-electron chi connectivity index (χ2n) is 4.80. The quantitative estimate of drug-likeness (QED) is 0.598. The number of methoxy groups -OCH3 is 1. The maximum atomic E-state index is 5.15. The highest BCUT2D eigenvalue weighted by atomic mass is 32.1. The molecule has 1 saturated carbocycles. The lowest BCUT2D eigenvalue weighted by Crippen LogP contribution is -2.40. The van der Waals surface area contributed by atoms with Crippen LogP contribution in [0.3, 0.4) is 0 Å². The molecule has 1 fully saturated rings. The number of hydrogen-bond donors (Lipinski definition) is 2. The predicted octanol–water partition coefficient (Wildman–Crippen LogP) is 2.05. The topological polar surface area (TPSA) is 45.6 Å². The minimum atomic E-state index is 0.201. The first-order valence-electron chi connectivity index (χ1n) is 6.22. The van der Waals surface area contributed by atoms with E-state index < -0.39 is 0 Å². The Hall–Kier alpha value is -0.680. The molecule has 0 amide bonds. The Morgan fingerprint density at radius 2 is 2.18 bits per heavy atom. The van der Waals surface area contributed by atoms with Crippen LogP contribution in [0.4, 0.5) is 0 Å². The Kier molecular flexibility index (Phi) is 6.44. The van der Waals surface area contributed by atoms with Gasteiger partial charge in [-0.05, 0) is 50.7 Å². The highest BCUT2D eigenvalue weighted by Gasteiger charge is 2.13. The van der Waals surface area contributed by atoms with Crippen LogP contribution in [0.5, 0.6) is 0 Å². The first-order chi connectivity index (χ1) is 8.11. The van der Waals surface area contributed by atoms with Gasteiger partial charge in [0.2, 0.25) is 0 Å². The number of nitrogens with one attached hydrogen (secondary N) is 2. The van der Waals surface area contributed by atoms with Crippen LogP contribution >= 0.6 is 12.2 Å². The molecule has 4 nitrogen and oxygen atoms in total. The molecule has 1 aliphatic carbocycles. The highest BCUT2D eigenvalue weighted by Crippen LogP contribution is 2.20. The fourth-order valence-corrected chi connectivity index (χ4v) is 2.13. The molecule has 5 heteroatoms. The number of thiocarbonyl (C=S) groups is 1. The Bertz CT molecular complexity index is 271. The van der Waals surface area contributed by atoms with E-state index in [1.807, 2.05) is 6.92 Å². The minimum Gasteiger partial charge on any atom is -0.383 e. The third kappa shape index (κ3) is 5.98. The van der Waals surface area contributed by atoms with Gasteiger partial charge in [-0.15, -0.1) is 0 Å². The summed E-state index contributed by atoms with van der Waals surface area (Å²) in [5, 5.41) is 8.04. The van der Waals surface area contributed by atoms with Crippen LogP contribution in [0.1, 0.15) is 39.5 Å². The molecule has 0 spiro atoms. The Morgan fingerprint density at radius 3 is 2.76 bits per heavy atom. The molecule has 2 N–H and O–H groups in total. The smallest absolute Gasteiger partial charge is 0.187 e. The maximum Gasteiger partial charge on any atom is 0.187 e. The third-order valence-electron chi connectivity index (χ3n) is 2.96. The van der Waals surface area contributed by atoms with E-state index in [0.29, 0.717) is 11.7 Å². The van der Waals surface area contributed by atoms with E-state index in [1.54, 1.807) is 7.11 Å². The van der Waals surface area contributed by atoms with Gasteiger partial charge in [0.15, 0.2) is 5.11 Å². The molecule has 0 unspecified atom stereocenters. The van der Waals surface area contributed by atoms with E-state index in [1.165, 1.54) is 18.6 Å². The van der Waals surface area contributed by atoms with Gasteiger partial charge in [-0.3, -0.25) is 5.43 Å². The van der Waals surface area contributed by atoms with Crippen molar-refractivity contribution >= 4 is 23.0 Å². The molecule has 0 aromatic heterocycles. The van der Waals surface area contributed by atoms with E-state index in [2.05, 4.69) is 22.8 Å². The monoisotopic (exact) mass is 257 g/mol. The van der Waals surface area contributed by atoms with Gasteiger partial charge in [-0.1, -0.05) is 6.92 Å². The van der Waals surface area contributed by atoms with E-state index in [0.717, 1.165) is 18.8 Å². The summed E-state index contributed by atoms with van der Waals surface area (Å²) in [4.78, 5) is 0. The van der Waals surface area contributed by atoms with Gasteiger partial charge < -0.3 is 10.1 Å². The summed E-state index contributed by atoms with van der Waals surface area (Å²) in [6.45, 7) is 4.95. The predicted molar refractivity (Wildman–Crippen MR) is 75.3 cm³/mol. The van der Waals surface area contributed by atoms with Gasteiger partial charge in [-0.2, -0.15) is 5.10 Å². The molecule has 1 atom stereocenters. The van der Waals surface area contributed by atoms with Crippen molar-refractivity contribution in [3.05, 3.63) is 0 Å². The van der Waals surface area contributed by atoms with Crippen LogP contribution in [0.15, 0.2) is 5.10 Å². The Labute approximate surface area is 109 Å². The molecule has 1 rings (SSSR count). The van der Waals surface area contributed by atoms with Gasteiger partial charge in [0.1, 0.15) is 0 Å². The van der Waals surface area contributed by atoms with Crippen LogP contribution in [-0.2, 0) is 4.74 Å². The molecular weight excluding hydrogens is 234 g/mol. The lowest BCUT2D eigenvalue weighted by atomic mass is 9.90. The van der Waals surface area contributed by atoms with Gasteiger partial charge in [0.05, 0.1) is 6.61 Å². The number of ether oxygens (including phenoxy) is 1. The number of nitrogens with zero attached hydrogens (tertiary/aromatic N) is 1. The molecule has 0 radical (unpaired) electrons. The van der Waals surface area contributed by atoms with E-state index >= 15 is 0 Å². The van der Waals surface area contributed by atoms with Gasteiger partial charge in [0, 0.05) is 18.9 Å². The molecule has 0 aromatic carbocycles. The lowest BCUT2D eigenvalue weighted by Gasteiger charge is -2.19. The molecular formula is C12H23N3OS. The molecule has 17 heavy (non-hydrogen) atoms. The van der Waals surface area contributed by atoms with Crippen molar-refractivity contribution in [2.45, 2.75) is 45.6 Å². The van der Waals surface area contributed by atoms with E-state index in [4.69, 9.17) is 17.0 Å². The second kappa shape index (κ2) is 7.61. The van der Waals surface area contributed by atoms with E-state index in [-0.39, 0.29) is 6.04 Å². The summed E-state index contributed by atoms with van der Waals surface area (Å²) in [5.74, 6) is 0.834. The Morgan fingerprint density at radius 1 is 1.53 bits per heavy atom. The molecule has 0 saturated heterocycles. The standard InChI is InChI=1S/C12H23N3OS/c1-9-4-6-11(7-5-9)14-15-12(17)13-10(2)8-16-3/h9-10H,4-8H2,1-3H3,(H2,13,15,17)/t9?,10-/m0/s1. The van der Waals surface area contributed by atoms with Crippen molar-refractivity contribution in [1.29, 1.82) is 0 Å². The first-order valence-corrected chi connectivity index (χ1v) is 6.63. The average molecular weight is 257 g/mol. The molecule has 0 heterocycles. The zero-order valence-corrected chi connectivity index (χ0v) is 11.8. The molecule has 0 bridgehead atoms. The zero-order chi connectivity index (χ0) is 12.7. The molecule has 0 aromatic rings. The van der Waals surface area contributed by atoms with Crippen molar-refractivity contribution < 1.29 is 4.74 Å². The summed E-state index contributed by atoms with van der Waals surface area (Å²) in [6.07, 6.45) is 4.65. The largest absolute Gasteiger partial charge is 0.383 e. The van der Waals surface area contributed by atoms with Crippen molar-refractivity contribution in [3.63, 3.8) is 0 Å². The number of rotatable bonds is 4. The summed E-state index contributed by atoms with van der Waals surface area (Å²) in [6, 6.07) is 0.201. The van der Waals surface area contributed by atoms with Gasteiger partial charge in [-0.25, -0.2) is 0 Å². The average Bonchev–Trinajstić information content (AvgIpc) is 2.28. The minimum absolute atomic E-state index is 0.201. The van der Waals surface area contributed by atoms with Gasteiger partial charge >= 0.3 is 0 Å². The number of hydrazone groups is 1. The molecule has 98 valence electrons. The van der Waals surface area contributed by atoms with Crippen molar-refractivity contribution in [2.75, 3.05) is 13.7 Å². The van der Waals surface area contributed by atoms with Crippen molar-refractivity contribution in [1.82, 2.24) is 10.7 Å². The van der Waals surface area contributed by atoms with E-state index in [9.17, 15) is 0 Å². The van der Waals surface area contributed by atoms with Crippen LogP contribution in [0.2, 0.25) is 0 Å². The highest BCUT2D eigenvalue weighted by molar-refractivity contribution is 7.80. The Balaban J connectivity index is 2.25. The van der Waals surface area contributed by atoms with Crippen LogP contribution in [0, 0.1) is 5.92 Å². The summed E-state index contributed by atoms with van der Waals surface area (Å²) < 4.78 is 5.03. The van der Waals surface area contributed by atoms with Crippen LogP contribution in [-0.4, -0.2) is 30.6 Å². The van der Waals surface area contributed by atoms with Crippen molar-refractivity contribution in [3.8, 4) is 0 Å². The SMILES string of the molecule is COC[C@H](C)NC(=S)NN=C1CCC(C)CC1. The molecule has 1 aliphatic rings. The fourth-order valence-electron chi connectivity index (χ4n) is 1.88. The molecule has 0 aliphatic heterocycles. The summed E-state index contributed by atoms with van der Waals surface area (Å²) >= 11 is 5.15. The van der Waals surface area contributed by atoms with Crippen LogP contribution < -0.4 is 10.7 Å². The maximum absolute atomic E-state index is 5.15. The second-order valence-corrected chi connectivity index (χ2v) is 5.21. The first kappa shape index (κ1) is 14.4. The summed E-state index contributed by atoms with van der Waals surface area (Å²) in [7, 11) is 1.68.